The first-order valence-electron chi connectivity index (χ1n) is 7.70. The van der Waals surface area contributed by atoms with Crippen LogP contribution in [0, 0.1) is 0 Å². The molecule has 0 aliphatic rings. The second kappa shape index (κ2) is 6.01. The summed E-state index contributed by atoms with van der Waals surface area (Å²) in [6.07, 6.45) is 3.36. The van der Waals surface area contributed by atoms with Crippen LogP contribution in [-0.2, 0) is 0 Å². The molecule has 0 unspecified atom stereocenters. The van der Waals surface area contributed by atoms with Crippen molar-refractivity contribution < 1.29 is 0 Å². The summed E-state index contributed by atoms with van der Waals surface area (Å²) in [5.74, 6) is 0.706. The Hall–Kier alpha value is -3.40. The molecule has 4 heteroatoms. The van der Waals surface area contributed by atoms with Gasteiger partial charge in [0.1, 0.15) is 5.82 Å². The van der Waals surface area contributed by atoms with Crippen molar-refractivity contribution >= 4 is 22.4 Å². The molecule has 0 atom stereocenters. The van der Waals surface area contributed by atoms with E-state index in [1.54, 1.807) is 24.5 Å². The van der Waals surface area contributed by atoms with Crippen LogP contribution in [0.5, 0.6) is 0 Å². The van der Waals surface area contributed by atoms with Gasteiger partial charge in [0.15, 0.2) is 5.43 Å². The van der Waals surface area contributed by atoms with E-state index in [1.165, 1.54) is 0 Å². The minimum absolute atomic E-state index is 0.0296. The van der Waals surface area contributed by atoms with Crippen LogP contribution >= 0.6 is 0 Å². The van der Waals surface area contributed by atoms with Crippen molar-refractivity contribution in [1.82, 2.24) is 9.55 Å². The van der Waals surface area contributed by atoms with Crippen molar-refractivity contribution in [1.29, 1.82) is 0 Å². The first-order valence-corrected chi connectivity index (χ1v) is 7.70. The van der Waals surface area contributed by atoms with E-state index in [-0.39, 0.29) is 5.43 Å². The van der Waals surface area contributed by atoms with Gasteiger partial charge >= 0.3 is 0 Å². The number of aromatic nitrogens is 2. The highest BCUT2D eigenvalue weighted by atomic mass is 16.1. The number of nitrogens with zero attached hydrogens (tertiary/aromatic N) is 2. The molecule has 0 saturated heterocycles. The lowest BCUT2D eigenvalue weighted by atomic mass is 10.2. The monoisotopic (exact) mass is 313 g/mol. The number of fused-ring (bicyclic) bond motifs is 1. The topological polar surface area (TPSA) is 46.9 Å². The molecule has 0 radical (unpaired) electrons. The molecular formula is C20H15N3O. The van der Waals surface area contributed by atoms with Crippen LogP contribution in [0.4, 0.5) is 11.5 Å². The van der Waals surface area contributed by atoms with Crippen LogP contribution < -0.4 is 10.7 Å². The molecule has 4 aromatic rings. The van der Waals surface area contributed by atoms with E-state index in [2.05, 4.69) is 10.3 Å². The first-order chi connectivity index (χ1) is 11.8. The minimum atomic E-state index is -0.0296. The summed E-state index contributed by atoms with van der Waals surface area (Å²) in [6, 6.07) is 23.1. The second-order valence-electron chi connectivity index (χ2n) is 5.45. The van der Waals surface area contributed by atoms with Gasteiger partial charge in [-0.3, -0.25) is 14.3 Å². The SMILES string of the molecule is O=c1cc(Nc2ccccc2)n(-c2ccccc2)c2cnccc12. The molecule has 0 spiro atoms. The van der Waals surface area contributed by atoms with Crippen LogP contribution in [0.2, 0.25) is 0 Å². The molecule has 2 aromatic heterocycles. The average Bonchev–Trinajstić information content (AvgIpc) is 2.64. The van der Waals surface area contributed by atoms with Crippen molar-refractivity contribution in [2.45, 2.75) is 0 Å². The third kappa shape index (κ3) is 2.54. The Morgan fingerprint density at radius 3 is 2.33 bits per heavy atom. The highest BCUT2D eigenvalue weighted by Crippen LogP contribution is 2.24. The number of hydrogen-bond donors (Lipinski definition) is 1. The lowest BCUT2D eigenvalue weighted by Gasteiger charge is -2.18. The molecule has 24 heavy (non-hydrogen) atoms. The number of anilines is 2. The summed E-state index contributed by atoms with van der Waals surface area (Å²) in [6.45, 7) is 0. The summed E-state index contributed by atoms with van der Waals surface area (Å²) in [5.41, 5.74) is 2.63. The normalized spacial score (nSPS) is 10.7. The number of hydrogen-bond acceptors (Lipinski definition) is 3. The van der Waals surface area contributed by atoms with Crippen LogP contribution in [0.25, 0.3) is 16.6 Å². The molecule has 0 fully saturated rings. The zero-order chi connectivity index (χ0) is 16.4. The predicted molar refractivity (Wildman–Crippen MR) is 97.1 cm³/mol. The van der Waals surface area contributed by atoms with Gasteiger partial charge < -0.3 is 5.32 Å². The molecule has 1 N–H and O–H groups in total. The Morgan fingerprint density at radius 1 is 0.875 bits per heavy atom. The van der Waals surface area contributed by atoms with Crippen molar-refractivity contribution in [2.75, 3.05) is 5.32 Å². The van der Waals surface area contributed by atoms with Crippen LogP contribution in [0.1, 0.15) is 0 Å². The zero-order valence-corrected chi connectivity index (χ0v) is 12.9. The van der Waals surface area contributed by atoms with Crippen molar-refractivity contribution in [3.63, 3.8) is 0 Å². The van der Waals surface area contributed by atoms with Gasteiger partial charge in [0.2, 0.25) is 0 Å². The molecule has 4 nitrogen and oxygen atoms in total. The fourth-order valence-corrected chi connectivity index (χ4v) is 2.79. The van der Waals surface area contributed by atoms with Gasteiger partial charge in [-0.15, -0.1) is 0 Å². The molecule has 0 saturated carbocycles. The summed E-state index contributed by atoms with van der Waals surface area (Å²) in [5, 5.41) is 3.98. The Bertz CT molecular complexity index is 1040. The highest BCUT2D eigenvalue weighted by molar-refractivity contribution is 5.83. The molecule has 0 aliphatic carbocycles. The maximum Gasteiger partial charge on any atom is 0.191 e. The van der Waals surface area contributed by atoms with E-state index in [1.807, 2.05) is 65.2 Å². The molecule has 0 aliphatic heterocycles. The maximum atomic E-state index is 12.5. The first kappa shape index (κ1) is 14.2. The van der Waals surface area contributed by atoms with Gasteiger partial charge in [-0.2, -0.15) is 0 Å². The largest absolute Gasteiger partial charge is 0.341 e. The van der Waals surface area contributed by atoms with Gasteiger partial charge in [-0.05, 0) is 30.3 Å². The Labute approximate surface area is 139 Å². The van der Waals surface area contributed by atoms with Crippen LogP contribution in [0.3, 0.4) is 0 Å². The number of pyridine rings is 2. The van der Waals surface area contributed by atoms with E-state index in [0.29, 0.717) is 11.2 Å². The van der Waals surface area contributed by atoms with Crippen LogP contribution in [0.15, 0.2) is 90.0 Å². The summed E-state index contributed by atoms with van der Waals surface area (Å²) in [7, 11) is 0. The smallest absolute Gasteiger partial charge is 0.191 e. The number of nitrogens with one attached hydrogen (secondary N) is 1. The number of rotatable bonds is 3. The fraction of sp³-hybridized carbons (Fsp3) is 0. The quantitative estimate of drug-likeness (QED) is 0.618. The van der Waals surface area contributed by atoms with Gasteiger partial charge in [0.05, 0.1) is 11.7 Å². The van der Waals surface area contributed by atoms with Gasteiger partial charge in [-0.1, -0.05) is 36.4 Å². The Morgan fingerprint density at radius 2 is 1.58 bits per heavy atom. The second-order valence-corrected chi connectivity index (χ2v) is 5.45. The van der Waals surface area contributed by atoms with E-state index in [9.17, 15) is 4.79 Å². The molecule has 2 heterocycles. The third-order valence-electron chi connectivity index (χ3n) is 3.88. The van der Waals surface area contributed by atoms with E-state index in [0.717, 1.165) is 16.9 Å². The standard InChI is InChI=1S/C20H15N3O/c24-19-13-20(22-15-7-3-1-4-8-15)23(16-9-5-2-6-10-16)18-14-21-12-11-17(18)19/h1-14,22H. The molecule has 0 amide bonds. The molecular weight excluding hydrogens is 298 g/mol. The Kier molecular flexibility index (Phi) is 3.56. The molecule has 4 rings (SSSR count). The van der Waals surface area contributed by atoms with E-state index < -0.39 is 0 Å². The highest BCUT2D eigenvalue weighted by Gasteiger charge is 2.11. The predicted octanol–water partition coefficient (Wildman–Crippen LogP) is 4.13. The lowest BCUT2D eigenvalue weighted by molar-refractivity contribution is 1.09. The summed E-state index contributed by atoms with van der Waals surface area (Å²) in [4.78, 5) is 16.7. The number of benzene rings is 2. The van der Waals surface area contributed by atoms with Gasteiger partial charge in [-0.25, -0.2) is 0 Å². The van der Waals surface area contributed by atoms with Gasteiger partial charge in [0, 0.05) is 29.0 Å². The van der Waals surface area contributed by atoms with Crippen LogP contribution in [-0.4, -0.2) is 9.55 Å². The van der Waals surface area contributed by atoms with E-state index in [4.69, 9.17) is 0 Å². The lowest BCUT2D eigenvalue weighted by Crippen LogP contribution is -2.12. The Balaban J connectivity index is 2.00. The number of para-hydroxylation sites is 2. The maximum absolute atomic E-state index is 12.5. The molecule has 116 valence electrons. The van der Waals surface area contributed by atoms with Gasteiger partial charge in [0.25, 0.3) is 0 Å². The zero-order valence-electron chi connectivity index (χ0n) is 12.9. The minimum Gasteiger partial charge on any atom is -0.341 e. The molecule has 0 bridgehead atoms. The third-order valence-corrected chi connectivity index (χ3v) is 3.88. The van der Waals surface area contributed by atoms with Crippen molar-refractivity contribution in [2.24, 2.45) is 0 Å². The molecule has 2 aromatic carbocycles. The fourth-order valence-electron chi connectivity index (χ4n) is 2.79. The van der Waals surface area contributed by atoms with Crippen molar-refractivity contribution in [3.05, 3.63) is 95.4 Å². The average molecular weight is 313 g/mol. The summed E-state index contributed by atoms with van der Waals surface area (Å²) < 4.78 is 2.01. The van der Waals surface area contributed by atoms with E-state index >= 15 is 0 Å². The summed E-state index contributed by atoms with van der Waals surface area (Å²) >= 11 is 0. The van der Waals surface area contributed by atoms with Crippen molar-refractivity contribution in [3.8, 4) is 5.69 Å².